The predicted molar refractivity (Wildman–Crippen MR) is 105 cm³/mol. The van der Waals surface area contributed by atoms with Crippen molar-refractivity contribution in [3.05, 3.63) is 77.1 Å². The van der Waals surface area contributed by atoms with Crippen molar-refractivity contribution in [1.82, 2.24) is 0 Å². The minimum atomic E-state index is -3.47. The molecule has 0 amide bonds. The lowest BCUT2D eigenvalue weighted by Gasteiger charge is -2.20. The molecule has 4 rings (SSSR count). The Hall–Kier alpha value is -2.69. The van der Waals surface area contributed by atoms with Gasteiger partial charge in [0.2, 0.25) is 0 Å². The van der Waals surface area contributed by atoms with Crippen molar-refractivity contribution >= 4 is 16.8 Å². The topological polar surface area (TPSA) is 0 Å². The summed E-state index contributed by atoms with van der Waals surface area (Å²) < 4.78 is 74.3. The Morgan fingerprint density at radius 3 is 2.31 bits per heavy atom. The molecule has 3 aromatic carbocycles. The van der Waals surface area contributed by atoms with E-state index in [-0.39, 0.29) is 29.4 Å². The second kappa shape index (κ2) is 6.97. The lowest BCUT2D eigenvalue weighted by Crippen LogP contribution is -2.22. The van der Waals surface area contributed by atoms with Crippen LogP contribution in [0.4, 0.5) is 22.0 Å². The van der Waals surface area contributed by atoms with E-state index in [2.05, 4.69) is 6.58 Å². The molecule has 1 atom stereocenters. The second-order valence-electron chi connectivity index (χ2n) is 7.47. The molecule has 1 unspecified atom stereocenters. The van der Waals surface area contributed by atoms with E-state index in [1.165, 1.54) is 12.1 Å². The lowest BCUT2D eigenvalue weighted by atomic mass is 9.94. The molecule has 0 aromatic heterocycles. The van der Waals surface area contributed by atoms with Crippen LogP contribution in [0.5, 0.6) is 0 Å². The van der Waals surface area contributed by atoms with E-state index in [0.29, 0.717) is 12.0 Å². The van der Waals surface area contributed by atoms with Crippen LogP contribution < -0.4 is 0 Å². The zero-order valence-electron chi connectivity index (χ0n) is 15.8. The summed E-state index contributed by atoms with van der Waals surface area (Å²) in [5.74, 6) is -8.74. The van der Waals surface area contributed by atoms with Crippen LogP contribution >= 0.6 is 0 Å². The number of rotatable bonds is 4. The Bertz CT molecular complexity index is 1110. The molecule has 150 valence electrons. The maximum Gasteiger partial charge on any atom is 0.279 e. The summed E-state index contributed by atoms with van der Waals surface area (Å²) in [6, 6.07) is 9.59. The number of benzene rings is 3. The van der Waals surface area contributed by atoms with Gasteiger partial charge in [-0.1, -0.05) is 62.4 Å². The third kappa shape index (κ3) is 2.86. The van der Waals surface area contributed by atoms with E-state index in [0.717, 1.165) is 5.56 Å². The minimum absolute atomic E-state index is 0.00908. The van der Waals surface area contributed by atoms with Crippen molar-refractivity contribution in [2.24, 2.45) is 5.92 Å². The lowest BCUT2D eigenvalue weighted by molar-refractivity contribution is -0.0581. The van der Waals surface area contributed by atoms with Gasteiger partial charge in [-0.25, -0.2) is 22.0 Å². The Morgan fingerprint density at radius 2 is 1.69 bits per heavy atom. The van der Waals surface area contributed by atoms with Gasteiger partial charge in [-0.05, 0) is 34.9 Å². The fourth-order valence-electron chi connectivity index (χ4n) is 4.32. The van der Waals surface area contributed by atoms with Gasteiger partial charge in [-0.15, -0.1) is 0 Å². The highest BCUT2D eigenvalue weighted by Crippen LogP contribution is 2.52. The first-order valence-corrected chi connectivity index (χ1v) is 9.54. The zero-order valence-corrected chi connectivity index (χ0v) is 15.8. The Kier molecular flexibility index (Phi) is 4.72. The summed E-state index contributed by atoms with van der Waals surface area (Å²) in [6.07, 6.45) is 2.21. The highest BCUT2D eigenvalue weighted by molar-refractivity contribution is 5.93. The molecule has 0 bridgehead atoms. The highest BCUT2D eigenvalue weighted by atomic mass is 19.3. The van der Waals surface area contributed by atoms with Gasteiger partial charge in [0.15, 0.2) is 11.6 Å². The van der Waals surface area contributed by atoms with Gasteiger partial charge in [0, 0.05) is 11.5 Å². The molecular formula is C24H19F5. The molecule has 0 nitrogen and oxygen atoms in total. The second-order valence-corrected chi connectivity index (χ2v) is 7.47. The monoisotopic (exact) mass is 402 g/mol. The van der Waals surface area contributed by atoms with Crippen LogP contribution in [0, 0.1) is 23.4 Å². The smallest absolute Gasteiger partial charge is 0.206 e. The molecule has 3 aromatic rings. The van der Waals surface area contributed by atoms with Crippen LogP contribution in [0.3, 0.4) is 0 Å². The molecule has 0 radical (unpaired) electrons. The average Bonchev–Trinajstić information content (AvgIpc) is 2.97. The van der Waals surface area contributed by atoms with Crippen LogP contribution in [0.15, 0.2) is 43.0 Å². The fraction of sp³-hybridized carbons (Fsp3) is 0.250. The summed E-state index contributed by atoms with van der Waals surface area (Å²) in [5, 5.41) is -0.555. The van der Waals surface area contributed by atoms with Crippen molar-refractivity contribution in [3.63, 3.8) is 0 Å². The summed E-state index contributed by atoms with van der Waals surface area (Å²) in [6.45, 7) is 5.41. The molecule has 0 N–H and O–H groups in total. The van der Waals surface area contributed by atoms with Gasteiger partial charge >= 0.3 is 0 Å². The highest BCUT2D eigenvalue weighted by Gasteiger charge is 2.51. The first-order valence-electron chi connectivity index (χ1n) is 9.54. The molecule has 0 spiro atoms. The molecule has 1 aliphatic rings. The molecule has 0 fully saturated rings. The van der Waals surface area contributed by atoms with Crippen LogP contribution in [0.1, 0.15) is 36.5 Å². The quantitative estimate of drug-likeness (QED) is 0.394. The summed E-state index contributed by atoms with van der Waals surface area (Å²) in [7, 11) is 0. The van der Waals surface area contributed by atoms with Gasteiger partial charge in [-0.2, -0.15) is 0 Å². The van der Waals surface area contributed by atoms with E-state index < -0.39 is 40.2 Å². The van der Waals surface area contributed by atoms with Crippen molar-refractivity contribution in [1.29, 1.82) is 0 Å². The Balaban J connectivity index is 1.96. The van der Waals surface area contributed by atoms with E-state index in [1.54, 1.807) is 37.3 Å². The molecule has 0 saturated carbocycles. The molecule has 29 heavy (non-hydrogen) atoms. The van der Waals surface area contributed by atoms with Gasteiger partial charge < -0.3 is 0 Å². The van der Waals surface area contributed by atoms with Gasteiger partial charge in [0.05, 0.1) is 10.9 Å². The van der Waals surface area contributed by atoms with E-state index in [1.807, 2.05) is 0 Å². The van der Waals surface area contributed by atoms with Gasteiger partial charge in [-0.3, -0.25) is 0 Å². The first-order chi connectivity index (χ1) is 13.8. The number of hydrogen-bond donors (Lipinski definition) is 0. The number of halogens is 5. The predicted octanol–water partition coefficient (Wildman–Crippen LogP) is 7.63. The maximum absolute atomic E-state index is 15.3. The third-order valence-electron chi connectivity index (χ3n) is 5.79. The SMILES string of the molecule is C=Cc1ccc(-c2ccc3c4c(c(F)c(F)c3c2F)C(F)(F)C(CCC)C4)cc1. The molecule has 5 heteroatoms. The van der Waals surface area contributed by atoms with Crippen LogP contribution in [-0.4, -0.2) is 0 Å². The maximum atomic E-state index is 15.3. The van der Waals surface area contributed by atoms with Crippen LogP contribution in [-0.2, 0) is 12.3 Å². The van der Waals surface area contributed by atoms with Crippen molar-refractivity contribution in [2.45, 2.75) is 32.1 Å². The van der Waals surface area contributed by atoms with Crippen LogP contribution in [0.2, 0.25) is 0 Å². The summed E-state index contributed by atoms with van der Waals surface area (Å²) >= 11 is 0. The number of alkyl halides is 2. The van der Waals surface area contributed by atoms with Crippen molar-refractivity contribution < 1.29 is 22.0 Å². The Labute approximate surface area is 165 Å². The van der Waals surface area contributed by atoms with E-state index in [4.69, 9.17) is 0 Å². The van der Waals surface area contributed by atoms with E-state index in [9.17, 15) is 17.6 Å². The molecule has 0 saturated heterocycles. The standard InChI is InChI=1S/C24H19F5/c1-3-5-15-12-18-17-11-10-16(14-8-6-13(4-2)7-9-14)21(25)19(17)22(26)23(27)20(18)24(15,28)29/h4,6-11,15H,2-3,5,12H2,1H3. The van der Waals surface area contributed by atoms with Crippen molar-refractivity contribution in [2.75, 3.05) is 0 Å². The average molecular weight is 402 g/mol. The first kappa shape index (κ1) is 19.6. The molecule has 1 aliphatic carbocycles. The van der Waals surface area contributed by atoms with Gasteiger partial charge in [0.1, 0.15) is 5.82 Å². The summed E-state index contributed by atoms with van der Waals surface area (Å²) in [5.41, 5.74) is 0.484. The molecule has 0 aliphatic heterocycles. The number of hydrogen-bond acceptors (Lipinski definition) is 0. The molecular weight excluding hydrogens is 383 g/mol. The third-order valence-corrected chi connectivity index (χ3v) is 5.79. The van der Waals surface area contributed by atoms with E-state index >= 15 is 4.39 Å². The molecule has 0 heterocycles. The fourth-order valence-corrected chi connectivity index (χ4v) is 4.32. The zero-order chi connectivity index (χ0) is 20.9. The minimum Gasteiger partial charge on any atom is -0.206 e. The van der Waals surface area contributed by atoms with Crippen molar-refractivity contribution in [3.8, 4) is 11.1 Å². The van der Waals surface area contributed by atoms with Crippen LogP contribution in [0.25, 0.3) is 28.0 Å². The number of fused-ring (bicyclic) bond motifs is 3. The largest absolute Gasteiger partial charge is 0.279 e. The van der Waals surface area contributed by atoms with Gasteiger partial charge in [0.25, 0.3) is 5.92 Å². The Morgan fingerprint density at radius 1 is 1.00 bits per heavy atom. The summed E-state index contributed by atoms with van der Waals surface area (Å²) in [4.78, 5) is 0. The normalized spacial score (nSPS) is 17.5.